The molecule has 2 aromatic heterocycles. The zero-order valence-electron chi connectivity index (χ0n) is 11.1. The van der Waals surface area contributed by atoms with E-state index in [-0.39, 0.29) is 5.52 Å². The number of rotatable bonds is 1. The molecule has 0 radical (unpaired) electrons. The first-order chi connectivity index (χ1) is 10.1. The predicted octanol–water partition coefficient (Wildman–Crippen LogP) is 4.56. The number of benzene rings is 2. The van der Waals surface area contributed by atoms with E-state index in [1.807, 2.05) is 31.2 Å². The van der Waals surface area contributed by atoms with E-state index in [1.54, 1.807) is 0 Å². The number of furan rings is 1. The Kier molecular flexibility index (Phi) is 2.39. The van der Waals surface area contributed by atoms with Gasteiger partial charge in [-0.3, -0.25) is 0 Å². The van der Waals surface area contributed by atoms with Crippen molar-refractivity contribution < 1.29 is 13.2 Å². The first-order valence-corrected chi connectivity index (χ1v) is 6.46. The van der Waals surface area contributed by atoms with Crippen LogP contribution in [0, 0.1) is 18.6 Å². The lowest BCUT2D eigenvalue weighted by atomic mass is 10.2. The lowest BCUT2D eigenvalue weighted by molar-refractivity contribution is 0.515. The summed E-state index contributed by atoms with van der Waals surface area (Å²) >= 11 is 0. The minimum Gasteiger partial charge on any atom is -0.453 e. The van der Waals surface area contributed by atoms with E-state index in [0.717, 1.165) is 22.6 Å². The molecule has 104 valence electrons. The number of nitrogens with zero attached hydrogens (tertiary/aromatic N) is 1. The van der Waals surface area contributed by atoms with Crippen molar-refractivity contribution in [2.45, 2.75) is 6.92 Å². The van der Waals surface area contributed by atoms with Gasteiger partial charge in [0.05, 0.1) is 5.52 Å². The molecule has 0 atom stereocenters. The Bertz CT molecular complexity index is 985. The van der Waals surface area contributed by atoms with Crippen LogP contribution < -0.4 is 0 Å². The van der Waals surface area contributed by atoms with Crippen LogP contribution in [0.25, 0.3) is 33.6 Å². The molecule has 4 aromatic rings. The van der Waals surface area contributed by atoms with Crippen molar-refractivity contribution in [3.63, 3.8) is 0 Å². The van der Waals surface area contributed by atoms with Gasteiger partial charge in [0, 0.05) is 5.39 Å². The molecule has 0 fully saturated rings. The normalized spacial score (nSPS) is 11.6. The molecule has 0 aliphatic heterocycles. The Labute approximate surface area is 118 Å². The number of aromatic nitrogens is 2. The average Bonchev–Trinajstić information content (AvgIpc) is 3.06. The van der Waals surface area contributed by atoms with Gasteiger partial charge in [0.15, 0.2) is 23.2 Å². The van der Waals surface area contributed by atoms with Gasteiger partial charge in [-0.15, -0.1) is 0 Å². The Morgan fingerprint density at radius 2 is 1.95 bits per heavy atom. The second-order valence-corrected chi connectivity index (χ2v) is 4.99. The summed E-state index contributed by atoms with van der Waals surface area (Å²) in [5.74, 6) is -1.00. The summed E-state index contributed by atoms with van der Waals surface area (Å²) in [6.07, 6.45) is 0. The predicted molar refractivity (Wildman–Crippen MR) is 76.0 cm³/mol. The second kappa shape index (κ2) is 4.15. The Hall–Kier alpha value is -2.69. The fraction of sp³-hybridized carbons (Fsp3) is 0.0625. The molecule has 0 unspecified atom stereocenters. The molecular weight excluding hydrogens is 274 g/mol. The van der Waals surface area contributed by atoms with Gasteiger partial charge in [0.2, 0.25) is 0 Å². The molecule has 3 nitrogen and oxygen atoms in total. The molecule has 2 heterocycles. The molecule has 5 heteroatoms. The Morgan fingerprint density at radius 1 is 1.10 bits per heavy atom. The highest BCUT2D eigenvalue weighted by Crippen LogP contribution is 2.29. The molecular formula is C16H10F2N2O. The quantitative estimate of drug-likeness (QED) is 0.556. The molecule has 21 heavy (non-hydrogen) atoms. The maximum atomic E-state index is 13.7. The number of aromatic amines is 1. The third-order valence-corrected chi connectivity index (χ3v) is 3.45. The molecule has 0 saturated carbocycles. The topological polar surface area (TPSA) is 41.8 Å². The first-order valence-electron chi connectivity index (χ1n) is 6.46. The molecule has 0 spiro atoms. The van der Waals surface area contributed by atoms with Gasteiger partial charge >= 0.3 is 0 Å². The van der Waals surface area contributed by atoms with Crippen LogP contribution in [0.2, 0.25) is 0 Å². The molecule has 4 rings (SSSR count). The van der Waals surface area contributed by atoms with Crippen LogP contribution in [0.1, 0.15) is 5.56 Å². The minimum atomic E-state index is -0.957. The summed E-state index contributed by atoms with van der Waals surface area (Å²) in [6, 6.07) is 10.2. The number of nitrogens with one attached hydrogen (secondary N) is 1. The largest absolute Gasteiger partial charge is 0.453 e. The lowest BCUT2D eigenvalue weighted by Crippen LogP contribution is -1.84. The molecule has 1 N–H and O–H groups in total. The van der Waals surface area contributed by atoms with E-state index < -0.39 is 11.6 Å². The van der Waals surface area contributed by atoms with Gasteiger partial charge in [-0.1, -0.05) is 11.6 Å². The average molecular weight is 284 g/mol. The Balaban J connectivity index is 1.93. The molecule has 0 aliphatic carbocycles. The number of aryl methyl sites for hydroxylation is 1. The van der Waals surface area contributed by atoms with Gasteiger partial charge in [0.1, 0.15) is 11.1 Å². The van der Waals surface area contributed by atoms with Crippen molar-refractivity contribution in [1.82, 2.24) is 9.97 Å². The summed E-state index contributed by atoms with van der Waals surface area (Å²) in [5, 5.41) is 0.942. The van der Waals surface area contributed by atoms with Gasteiger partial charge in [0.25, 0.3) is 0 Å². The molecule has 0 bridgehead atoms. The SMILES string of the molecule is Cc1ccc2oc(-c3nc4c(F)c(F)ccc4[nH]3)cc2c1. The molecule has 0 aliphatic rings. The van der Waals surface area contributed by atoms with Crippen molar-refractivity contribution in [2.75, 3.05) is 0 Å². The van der Waals surface area contributed by atoms with E-state index >= 15 is 0 Å². The molecule has 2 aromatic carbocycles. The summed E-state index contributed by atoms with van der Waals surface area (Å²) in [6.45, 7) is 1.99. The van der Waals surface area contributed by atoms with Gasteiger partial charge in [-0.2, -0.15) is 0 Å². The fourth-order valence-electron chi connectivity index (χ4n) is 2.41. The van der Waals surface area contributed by atoms with Crippen LogP contribution in [-0.2, 0) is 0 Å². The van der Waals surface area contributed by atoms with Crippen LogP contribution in [0.4, 0.5) is 8.78 Å². The maximum Gasteiger partial charge on any atom is 0.186 e. The van der Waals surface area contributed by atoms with Crippen LogP contribution in [0.3, 0.4) is 0 Å². The smallest absolute Gasteiger partial charge is 0.186 e. The van der Waals surface area contributed by atoms with Gasteiger partial charge in [-0.25, -0.2) is 13.8 Å². The number of hydrogen-bond donors (Lipinski definition) is 1. The highest BCUT2D eigenvalue weighted by Gasteiger charge is 2.15. The van der Waals surface area contributed by atoms with E-state index in [4.69, 9.17) is 4.42 Å². The Morgan fingerprint density at radius 3 is 2.81 bits per heavy atom. The number of H-pyrrole nitrogens is 1. The first kappa shape index (κ1) is 12.1. The zero-order valence-corrected chi connectivity index (χ0v) is 11.1. The minimum absolute atomic E-state index is 0.0263. The van der Waals surface area contributed by atoms with Crippen molar-refractivity contribution in [3.8, 4) is 11.6 Å². The van der Waals surface area contributed by atoms with E-state index in [1.165, 1.54) is 6.07 Å². The third kappa shape index (κ3) is 1.81. The van der Waals surface area contributed by atoms with Crippen LogP contribution in [0.5, 0.6) is 0 Å². The standard InChI is InChI=1S/C16H10F2N2O/c1-8-2-5-12-9(6-8)7-13(21-12)16-19-11-4-3-10(17)14(18)15(11)20-16/h2-7H,1H3,(H,19,20). The summed E-state index contributed by atoms with van der Waals surface area (Å²) < 4.78 is 32.6. The molecule has 0 saturated heterocycles. The van der Waals surface area contributed by atoms with Crippen molar-refractivity contribution in [3.05, 3.63) is 53.6 Å². The summed E-state index contributed by atoms with van der Waals surface area (Å²) in [7, 11) is 0. The van der Waals surface area contributed by atoms with Crippen LogP contribution >= 0.6 is 0 Å². The highest BCUT2D eigenvalue weighted by atomic mass is 19.2. The maximum absolute atomic E-state index is 13.7. The summed E-state index contributed by atoms with van der Waals surface area (Å²) in [5.41, 5.74) is 2.25. The zero-order chi connectivity index (χ0) is 14.6. The van der Waals surface area contributed by atoms with Crippen molar-refractivity contribution >= 4 is 22.0 Å². The van der Waals surface area contributed by atoms with E-state index in [2.05, 4.69) is 9.97 Å². The van der Waals surface area contributed by atoms with Gasteiger partial charge in [-0.05, 0) is 37.3 Å². The second-order valence-electron chi connectivity index (χ2n) is 4.99. The van der Waals surface area contributed by atoms with E-state index in [0.29, 0.717) is 17.1 Å². The number of hydrogen-bond acceptors (Lipinski definition) is 2. The van der Waals surface area contributed by atoms with Crippen LogP contribution in [0.15, 0.2) is 40.8 Å². The lowest BCUT2D eigenvalue weighted by Gasteiger charge is -1.91. The van der Waals surface area contributed by atoms with Gasteiger partial charge < -0.3 is 9.40 Å². The van der Waals surface area contributed by atoms with Crippen LogP contribution in [-0.4, -0.2) is 9.97 Å². The van der Waals surface area contributed by atoms with Crippen molar-refractivity contribution in [2.24, 2.45) is 0 Å². The number of halogens is 2. The number of imidazole rings is 1. The summed E-state index contributed by atoms with van der Waals surface area (Å²) in [4.78, 5) is 7.04. The van der Waals surface area contributed by atoms with Crippen molar-refractivity contribution in [1.29, 1.82) is 0 Å². The molecule has 0 amide bonds. The van der Waals surface area contributed by atoms with E-state index in [9.17, 15) is 8.78 Å². The number of fused-ring (bicyclic) bond motifs is 2. The fourth-order valence-corrected chi connectivity index (χ4v) is 2.41. The third-order valence-electron chi connectivity index (χ3n) is 3.45. The monoisotopic (exact) mass is 284 g/mol. The highest BCUT2D eigenvalue weighted by molar-refractivity contribution is 5.85.